The van der Waals surface area contributed by atoms with Gasteiger partial charge in [-0.3, -0.25) is 0 Å². The standard InChI is InChI=1S/C18H22BrNS/c1-3-5-14-6-4-7-15(12-14)18(20-2)13-21-17-10-8-16(19)9-11-17/h4,6-12,18,20H,3,5,13H2,1-2H3. The van der Waals surface area contributed by atoms with Gasteiger partial charge in [0.25, 0.3) is 0 Å². The molecule has 0 aliphatic heterocycles. The van der Waals surface area contributed by atoms with E-state index < -0.39 is 0 Å². The molecule has 0 amide bonds. The third-order valence-corrected chi connectivity index (χ3v) is 5.11. The van der Waals surface area contributed by atoms with E-state index in [1.54, 1.807) is 0 Å². The smallest absolute Gasteiger partial charge is 0.0413 e. The zero-order chi connectivity index (χ0) is 15.1. The van der Waals surface area contributed by atoms with Crippen LogP contribution in [0.2, 0.25) is 0 Å². The van der Waals surface area contributed by atoms with E-state index in [2.05, 4.69) is 76.7 Å². The van der Waals surface area contributed by atoms with Crippen molar-refractivity contribution in [3.63, 3.8) is 0 Å². The number of aryl methyl sites for hydroxylation is 1. The van der Waals surface area contributed by atoms with E-state index in [9.17, 15) is 0 Å². The van der Waals surface area contributed by atoms with Gasteiger partial charge >= 0.3 is 0 Å². The predicted molar refractivity (Wildman–Crippen MR) is 97.1 cm³/mol. The van der Waals surface area contributed by atoms with Crippen molar-refractivity contribution < 1.29 is 0 Å². The Morgan fingerprint density at radius 3 is 2.57 bits per heavy atom. The summed E-state index contributed by atoms with van der Waals surface area (Å²) >= 11 is 5.37. The summed E-state index contributed by atoms with van der Waals surface area (Å²) in [5.74, 6) is 1.04. The fourth-order valence-electron chi connectivity index (χ4n) is 2.31. The van der Waals surface area contributed by atoms with Crippen molar-refractivity contribution in [1.82, 2.24) is 5.32 Å². The molecule has 112 valence electrons. The highest BCUT2D eigenvalue weighted by Gasteiger charge is 2.10. The number of nitrogens with one attached hydrogen (secondary N) is 1. The van der Waals surface area contributed by atoms with Crippen molar-refractivity contribution in [3.8, 4) is 0 Å². The molecule has 3 heteroatoms. The summed E-state index contributed by atoms with van der Waals surface area (Å²) in [5, 5.41) is 3.44. The first-order valence-electron chi connectivity index (χ1n) is 7.37. The lowest BCUT2D eigenvalue weighted by atomic mass is 10.0. The van der Waals surface area contributed by atoms with Gasteiger partial charge in [0.2, 0.25) is 0 Å². The number of hydrogen-bond donors (Lipinski definition) is 1. The lowest BCUT2D eigenvalue weighted by Gasteiger charge is -2.17. The Bertz CT molecular complexity index is 553. The minimum Gasteiger partial charge on any atom is -0.312 e. The maximum absolute atomic E-state index is 3.48. The molecule has 0 spiro atoms. The van der Waals surface area contributed by atoms with Crippen molar-refractivity contribution in [2.75, 3.05) is 12.8 Å². The molecule has 1 unspecified atom stereocenters. The number of benzene rings is 2. The van der Waals surface area contributed by atoms with Crippen molar-refractivity contribution in [2.45, 2.75) is 30.7 Å². The topological polar surface area (TPSA) is 12.0 Å². The monoisotopic (exact) mass is 363 g/mol. The van der Waals surface area contributed by atoms with E-state index in [-0.39, 0.29) is 0 Å². The van der Waals surface area contributed by atoms with E-state index in [4.69, 9.17) is 0 Å². The van der Waals surface area contributed by atoms with Crippen LogP contribution < -0.4 is 5.32 Å². The van der Waals surface area contributed by atoms with Crippen LogP contribution in [-0.2, 0) is 6.42 Å². The fourth-order valence-corrected chi connectivity index (χ4v) is 3.62. The summed E-state index contributed by atoms with van der Waals surface area (Å²) in [5.41, 5.74) is 2.82. The predicted octanol–water partition coefficient (Wildman–Crippen LogP) is 5.45. The zero-order valence-electron chi connectivity index (χ0n) is 12.6. The molecule has 21 heavy (non-hydrogen) atoms. The molecule has 0 bridgehead atoms. The second-order valence-electron chi connectivity index (χ2n) is 5.10. The SMILES string of the molecule is CCCc1cccc(C(CSc2ccc(Br)cc2)NC)c1. The zero-order valence-corrected chi connectivity index (χ0v) is 15.0. The van der Waals surface area contributed by atoms with Gasteiger partial charge in [0, 0.05) is 21.2 Å². The molecule has 0 aliphatic carbocycles. The van der Waals surface area contributed by atoms with E-state index >= 15 is 0 Å². The van der Waals surface area contributed by atoms with Crippen LogP contribution in [-0.4, -0.2) is 12.8 Å². The highest BCUT2D eigenvalue weighted by Crippen LogP contribution is 2.26. The molecule has 0 aromatic heterocycles. The number of halogens is 1. The third-order valence-electron chi connectivity index (χ3n) is 3.47. The first kappa shape index (κ1) is 16.6. The summed E-state index contributed by atoms with van der Waals surface area (Å²) in [6.07, 6.45) is 2.35. The molecule has 0 saturated heterocycles. The van der Waals surface area contributed by atoms with Crippen LogP contribution in [0.15, 0.2) is 57.9 Å². The summed E-state index contributed by atoms with van der Waals surface area (Å²) in [7, 11) is 2.04. The van der Waals surface area contributed by atoms with Gasteiger partial charge in [-0.1, -0.05) is 53.5 Å². The third kappa shape index (κ3) is 5.17. The van der Waals surface area contributed by atoms with Crippen LogP contribution in [0.3, 0.4) is 0 Å². The van der Waals surface area contributed by atoms with Crippen LogP contribution in [0, 0.1) is 0 Å². The van der Waals surface area contributed by atoms with Gasteiger partial charge in [-0.05, 0) is 48.9 Å². The van der Waals surface area contributed by atoms with Crippen LogP contribution in [0.25, 0.3) is 0 Å². The van der Waals surface area contributed by atoms with Gasteiger partial charge in [-0.2, -0.15) is 0 Å². The second-order valence-corrected chi connectivity index (χ2v) is 7.11. The van der Waals surface area contributed by atoms with Crippen molar-refractivity contribution in [3.05, 3.63) is 64.1 Å². The minimum absolute atomic E-state index is 0.385. The Hall–Kier alpha value is -0.770. The van der Waals surface area contributed by atoms with Gasteiger partial charge in [0.1, 0.15) is 0 Å². The molecule has 0 saturated carbocycles. The molecule has 0 fully saturated rings. The van der Waals surface area contributed by atoms with Crippen LogP contribution in [0.1, 0.15) is 30.5 Å². The molecule has 2 aromatic rings. The lowest BCUT2D eigenvalue weighted by Crippen LogP contribution is -2.18. The summed E-state index contributed by atoms with van der Waals surface area (Å²) < 4.78 is 1.13. The first-order valence-corrected chi connectivity index (χ1v) is 9.15. The van der Waals surface area contributed by atoms with Gasteiger partial charge < -0.3 is 5.32 Å². The highest BCUT2D eigenvalue weighted by molar-refractivity contribution is 9.10. The number of rotatable bonds is 7. The minimum atomic E-state index is 0.385. The molecule has 2 rings (SSSR count). The van der Waals surface area contributed by atoms with Crippen molar-refractivity contribution in [1.29, 1.82) is 0 Å². The second kappa shape index (κ2) is 8.62. The van der Waals surface area contributed by atoms with Gasteiger partial charge in [0.15, 0.2) is 0 Å². The Morgan fingerprint density at radius 2 is 1.90 bits per heavy atom. The molecular weight excluding hydrogens is 342 g/mol. The Kier molecular flexibility index (Phi) is 6.81. The Morgan fingerprint density at radius 1 is 1.14 bits per heavy atom. The van der Waals surface area contributed by atoms with Crippen molar-refractivity contribution >= 4 is 27.7 Å². The molecular formula is C18H22BrNS. The Labute approximate surface area is 140 Å². The summed E-state index contributed by atoms with van der Waals surface area (Å²) in [6, 6.07) is 17.9. The normalized spacial score (nSPS) is 12.3. The fraction of sp³-hybridized carbons (Fsp3) is 0.333. The molecule has 0 heterocycles. The van der Waals surface area contributed by atoms with E-state index in [1.165, 1.54) is 22.4 Å². The molecule has 1 atom stereocenters. The van der Waals surface area contributed by atoms with Crippen molar-refractivity contribution in [2.24, 2.45) is 0 Å². The molecule has 0 aliphatic rings. The maximum atomic E-state index is 3.48. The molecule has 2 aromatic carbocycles. The summed E-state index contributed by atoms with van der Waals surface area (Å²) in [6.45, 7) is 2.23. The molecule has 1 N–H and O–H groups in total. The number of hydrogen-bond acceptors (Lipinski definition) is 2. The van der Waals surface area contributed by atoms with Gasteiger partial charge in [-0.25, -0.2) is 0 Å². The van der Waals surface area contributed by atoms with Crippen LogP contribution in [0.4, 0.5) is 0 Å². The van der Waals surface area contributed by atoms with E-state index in [0.29, 0.717) is 6.04 Å². The molecule has 1 nitrogen and oxygen atoms in total. The average Bonchev–Trinajstić information content (AvgIpc) is 2.50. The quantitative estimate of drug-likeness (QED) is 0.655. The van der Waals surface area contributed by atoms with Gasteiger partial charge in [0.05, 0.1) is 0 Å². The average molecular weight is 364 g/mol. The molecule has 0 radical (unpaired) electrons. The van der Waals surface area contributed by atoms with Gasteiger partial charge in [-0.15, -0.1) is 11.8 Å². The van der Waals surface area contributed by atoms with Crippen LogP contribution >= 0.6 is 27.7 Å². The number of thioether (sulfide) groups is 1. The van der Waals surface area contributed by atoms with E-state index in [0.717, 1.165) is 16.6 Å². The van der Waals surface area contributed by atoms with E-state index in [1.807, 2.05) is 18.8 Å². The Balaban J connectivity index is 2.02. The van der Waals surface area contributed by atoms with Crippen LogP contribution in [0.5, 0.6) is 0 Å². The lowest BCUT2D eigenvalue weighted by molar-refractivity contribution is 0.660. The summed E-state index contributed by atoms with van der Waals surface area (Å²) in [4.78, 5) is 1.31. The maximum Gasteiger partial charge on any atom is 0.0413 e. The first-order chi connectivity index (χ1) is 10.2. The largest absolute Gasteiger partial charge is 0.312 e. The highest BCUT2D eigenvalue weighted by atomic mass is 79.9.